The largest absolute Gasteiger partial charge is 0.478 e. The van der Waals surface area contributed by atoms with Crippen LogP contribution in [0.25, 0.3) is 11.0 Å². The number of alkyl halides is 3. The fraction of sp³-hybridized carbons (Fsp3) is 0.125. The molecule has 0 aromatic carbocycles. The first kappa shape index (κ1) is 11.2. The number of H-pyrrole nitrogens is 2. The van der Waals surface area contributed by atoms with E-state index in [0.29, 0.717) is 6.20 Å². The standard InChI is InChI=1S/C8H4F3N3O3/c9-8(10,11)4-2(7(16)17)1-12-5-3(4)6(15)14-13-5/h1H,(H,16,17)(H2,12,13,14,15). The molecule has 0 aliphatic rings. The van der Waals surface area contributed by atoms with E-state index in [1.165, 1.54) is 0 Å². The van der Waals surface area contributed by atoms with Gasteiger partial charge in [0.05, 0.1) is 16.5 Å². The van der Waals surface area contributed by atoms with E-state index < -0.39 is 34.2 Å². The van der Waals surface area contributed by atoms with Crippen molar-refractivity contribution in [1.82, 2.24) is 15.2 Å². The van der Waals surface area contributed by atoms with Gasteiger partial charge < -0.3 is 5.11 Å². The Bertz CT molecular complexity index is 655. The van der Waals surface area contributed by atoms with Gasteiger partial charge in [0.15, 0.2) is 5.65 Å². The van der Waals surface area contributed by atoms with Gasteiger partial charge in [-0.2, -0.15) is 13.2 Å². The van der Waals surface area contributed by atoms with Crippen molar-refractivity contribution in [1.29, 1.82) is 0 Å². The topological polar surface area (TPSA) is 98.8 Å². The number of carbonyl (C=O) groups is 1. The Kier molecular flexibility index (Phi) is 2.19. The molecule has 0 bridgehead atoms. The highest BCUT2D eigenvalue weighted by atomic mass is 19.4. The zero-order valence-electron chi connectivity index (χ0n) is 7.92. The van der Waals surface area contributed by atoms with E-state index in [2.05, 4.69) is 10.1 Å². The quantitative estimate of drug-likeness (QED) is 0.699. The molecular formula is C8H4F3N3O3. The fourth-order valence-electron chi connectivity index (χ4n) is 1.46. The molecule has 2 aromatic rings. The van der Waals surface area contributed by atoms with Gasteiger partial charge in [-0.3, -0.25) is 15.0 Å². The van der Waals surface area contributed by atoms with Crippen LogP contribution < -0.4 is 5.56 Å². The van der Waals surface area contributed by atoms with Gasteiger partial charge >= 0.3 is 12.1 Å². The summed E-state index contributed by atoms with van der Waals surface area (Å²) in [6, 6.07) is 0. The number of nitrogens with zero attached hydrogens (tertiary/aromatic N) is 1. The lowest BCUT2D eigenvalue weighted by Crippen LogP contribution is -2.17. The van der Waals surface area contributed by atoms with Gasteiger partial charge in [0.25, 0.3) is 5.56 Å². The predicted molar refractivity (Wildman–Crippen MR) is 48.7 cm³/mol. The maximum Gasteiger partial charge on any atom is 0.418 e. The van der Waals surface area contributed by atoms with Gasteiger partial charge in [0.2, 0.25) is 0 Å². The molecule has 0 amide bonds. The lowest BCUT2D eigenvalue weighted by atomic mass is 10.1. The van der Waals surface area contributed by atoms with Gasteiger partial charge in [-0.1, -0.05) is 0 Å². The van der Waals surface area contributed by atoms with Crippen molar-refractivity contribution in [2.45, 2.75) is 6.18 Å². The number of hydrogen-bond donors (Lipinski definition) is 3. The van der Waals surface area contributed by atoms with Gasteiger partial charge in [-0.05, 0) is 0 Å². The second kappa shape index (κ2) is 3.34. The van der Waals surface area contributed by atoms with Crippen molar-refractivity contribution >= 4 is 17.0 Å². The Morgan fingerprint density at radius 2 is 2.00 bits per heavy atom. The number of halogens is 3. The van der Waals surface area contributed by atoms with Gasteiger partial charge in [-0.15, -0.1) is 0 Å². The zero-order chi connectivity index (χ0) is 12.8. The average molecular weight is 247 g/mol. The summed E-state index contributed by atoms with van der Waals surface area (Å²) in [5, 5.41) is 11.9. The molecule has 0 saturated heterocycles. The molecule has 0 atom stereocenters. The highest BCUT2D eigenvalue weighted by Gasteiger charge is 2.39. The Labute approximate surface area is 90.1 Å². The van der Waals surface area contributed by atoms with E-state index in [9.17, 15) is 22.8 Å². The number of fused-ring (bicyclic) bond motifs is 1. The molecule has 0 aliphatic heterocycles. The van der Waals surface area contributed by atoms with Crippen LogP contribution >= 0.6 is 0 Å². The van der Waals surface area contributed by atoms with E-state index >= 15 is 0 Å². The number of pyridine rings is 1. The van der Waals surface area contributed by atoms with Crippen LogP contribution in [0.2, 0.25) is 0 Å². The summed E-state index contributed by atoms with van der Waals surface area (Å²) in [5.74, 6) is -1.80. The zero-order valence-corrected chi connectivity index (χ0v) is 7.92. The maximum absolute atomic E-state index is 12.7. The molecule has 0 fully saturated rings. The molecule has 0 radical (unpaired) electrons. The van der Waals surface area contributed by atoms with Crippen LogP contribution in [0.3, 0.4) is 0 Å². The third-order valence-electron chi connectivity index (χ3n) is 2.11. The lowest BCUT2D eigenvalue weighted by molar-refractivity contribution is -0.136. The fourth-order valence-corrected chi connectivity index (χ4v) is 1.46. The second-order valence-corrected chi connectivity index (χ2v) is 3.15. The van der Waals surface area contributed by atoms with Crippen LogP contribution in [-0.4, -0.2) is 26.3 Å². The molecular weight excluding hydrogens is 243 g/mol. The number of aromatic amines is 2. The highest BCUT2D eigenvalue weighted by molar-refractivity contribution is 5.95. The molecule has 6 nitrogen and oxygen atoms in total. The summed E-state index contributed by atoms with van der Waals surface area (Å²) < 4.78 is 38.2. The monoisotopic (exact) mass is 247 g/mol. The molecule has 0 spiro atoms. The summed E-state index contributed by atoms with van der Waals surface area (Å²) in [6.07, 6.45) is -4.40. The SMILES string of the molecule is O=C(O)c1cnc2[nH][nH]c(=O)c2c1C(F)(F)F. The van der Waals surface area contributed by atoms with Crippen LogP contribution in [0.1, 0.15) is 15.9 Å². The van der Waals surface area contributed by atoms with E-state index in [4.69, 9.17) is 5.11 Å². The Balaban J connectivity index is 2.99. The predicted octanol–water partition coefficient (Wildman–Crippen LogP) is 0.968. The first-order valence-corrected chi connectivity index (χ1v) is 4.22. The number of aromatic nitrogens is 3. The van der Waals surface area contributed by atoms with Crippen LogP contribution in [0.15, 0.2) is 11.0 Å². The number of rotatable bonds is 1. The maximum atomic E-state index is 12.7. The molecule has 90 valence electrons. The Morgan fingerprint density at radius 1 is 1.35 bits per heavy atom. The van der Waals surface area contributed by atoms with Crippen molar-refractivity contribution < 1.29 is 23.1 Å². The molecule has 9 heteroatoms. The van der Waals surface area contributed by atoms with E-state index in [1.54, 1.807) is 0 Å². The molecule has 2 heterocycles. The number of nitrogens with one attached hydrogen (secondary N) is 2. The molecule has 3 N–H and O–H groups in total. The van der Waals surface area contributed by atoms with Gasteiger partial charge in [0.1, 0.15) is 0 Å². The van der Waals surface area contributed by atoms with Crippen molar-refractivity contribution in [3.05, 3.63) is 27.7 Å². The molecule has 0 unspecified atom stereocenters. The van der Waals surface area contributed by atoms with E-state index in [1.807, 2.05) is 5.10 Å². The first-order chi connectivity index (χ1) is 7.82. The molecule has 2 rings (SSSR count). The van der Waals surface area contributed by atoms with Crippen molar-refractivity contribution in [3.63, 3.8) is 0 Å². The van der Waals surface area contributed by atoms with Crippen molar-refractivity contribution in [2.75, 3.05) is 0 Å². The van der Waals surface area contributed by atoms with Crippen molar-refractivity contribution in [3.8, 4) is 0 Å². The number of aromatic carboxylic acids is 1. The molecule has 0 aliphatic carbocycles. The molecule has 0 saturated carbocycles. The summed E-state index contributed by atoms with van der Waals surface area (Å²) in [5.41, 5.74) is -3.97. The highest BCUT2D eigenvalue weighted by Crippen LogP contribution is 2.35. The number of carboxylic acids is 1. The summed E-state index contributed by atoms with van der Waals surface area (Å²) in [7, 11) is 0. The smallest absolute Gasteiger partial charge is 0.418 e. The summed E-state index contributed by atoms with van der Waals surface area (Å²) >= 11 is 0. The van der Waals surface area contributed by atoms with Crippen LogP contribution in [-0.2, 0) is 6.18 Å². The lowest BCUT2D eigenvalue weighted by Gasteiger charge is -2.09. The first-order valence-electron chi connectivity index (χ1n) is 4.22. The molecule has 2 aromatic heterocycles. The Morgan fingerprint density at radius 3 is 2.53 bits per heavy atom. The van der Waals surface area contributed by atoms with Crippen LogP contribution in [0.4, 0.5) is 13.2 Å². The van der Waals surface area contributed by atoms with Gasteiger partial charge in [0, 0.05) is 6.20 Å². The molecule has 17 heavy (non-hydrogen) atoms. The van der Waals surface area contributed by atoms with E-state index in [0.717, 1.165) is 0 Å². The van der Waals surface area contributed by atoms with Gasteiger partial charge in [-0.25, -0.2) is 9.78 Å². The average Bonchev–Trinajstić information content (AvgIpc) is 2.57. The number of carboxylic acid groups (broad SMARTS) is 1. The van der Waals surface area contributed by atoms with Crippen LogP contribution in [0.5, 0.6) is 0 Å². The minimum atomic E-state index is -4.95. The second-order valence-electron chi connectivity index (χ2n) is 3.15. The third-order valence-corrected chi connectivity index (χ3v) is 2.11. The normalized spacial score (nSPS) is 11.9. The Hall–Kier alpha value is -2.32. The number of hydrogen-bond acceptors (Lipinski definition) is 3. The minimum Gasteiger partial charge on any atom is -0.478 e. The third kappa shape index (κ3) is 1.65. The summed E-state index contributed by atoms with van der Waals surface area (Å²) in [4.78, 5) is 25.3. The van der Waals surface area contributed by atoms with Crippen LogP contribution in [0, 0.1) is 0 Å². The van der Waals surface area contributed by atoms with Crippen molar-refractivity contribution in [2.24, 2.45) is 0 Å². The summed E-state index contributed by atoms with van der Waals surface area (Å²) in [6.45, 7) is 0. The van der Waals surface area contributed by atoms with E-state index in [-0.39, 0.29) is 5.65 Å². The minimum absolute atomic E-state index is 0.340.